The van der Waals surface area contributed by atoms with Gasteiger partial charge >= 0.3 is 0 Å². The highest BCUT2D eigenvalue weighted by atomic mass is 35.7. The van der Waals surface area contributed by atoms with E-state index < -0.39 is 19.2 Å². The molecule has 7 nitrogen and oxygen atoms in total. The molecule has 0 aliphatic carbocycles. The molecular formula is C19H15ClN2O5S2. The normalized spacial score (nSPS) is 11.8. The molecule has 150 valence electrons. The van der Waals surface area contributed by atoms with E-state index in [0.717, 1.165) is 17.9 Å². The molecule has 4 rings (SSSR count). The molecule has 0 fully saturated rings. The van der Waals surface area contributed by atoms with Crippen molar-refractivity contribution in [3.63, 3.8) is 0 Å². The molecule has 0 amide bonds. The maximum Gasteiger partial charge on any atom is 0.297 e. The summed E-state index contributed by atoms with van der Waals surface area (Å²) in [7, 11) is -0.900. The predicted octanol–water partition coefficient (Wildman–Crippen LogP) is 3.73. The standard InChI is InChI=1S/C10H9NO3S.C9H6ClNO2S/c1-14-15(12,13)10-4-2-3-8-7-11-6-5-9(8)10;10-14(12,13)9-3-1-2-7-6-11-5-4-8(7)9/h2-7H,1H3;1-6H. The number of hydrogen-bond acceptors (Lipinski definition) is 7. The van der Waals surface area contributed by atoms with Crippen LogP contribution < -0.4 is 0 Å². The largest absolute Gasteiger partial charge is 0.297 e. The quantitative estimate of drug-likeness (QED) is 0.346. The Hall–Kier alpha value is -2.59. The summed E-state index contributed by atoms with van der Waals surface area (Å²) in [6.07, 6.45) is 6.30. The van der Waals surface area contributed by atoms with Gasteiger partial charge in [0.25, 0.3) is 19.2 Å². The number of aromatic nitrogens is 2. The average molecular weight is 451 g/mol. The molecule has 0 atom stereocenters. The van der Waals surface area contributed by atoms with E-state index in [4.69, 9.17) is 10.7 Å². The summed E-state index contributed by atoms with van der Waals surface area (Å²) in [4.78, 5) is 8.12. The first-order valence-corrected chi connectivity index (χ1v) is 11.9. The van der Waals surface area contributed by atoms with Crippen LogP contribution in [0.4, 0.5) is 0 Å². The summed E-state index contributed by atoms with van der Waals surface area (Å²) < 4.78 is 50.0. The predicted molar refractivity (Wildman–Crippen MR) is 111 cm³/mol. The summed E-state index contributed by atoms with van der Waals surface area (Å²) in [6, 6.07) is 13.2. The van der Waals surface area contributed by atoms with Crippen LogP contribution in [0.15, 0.2) is 83.1 Å². The van der Waals surface area contributed by atoms with Crippen molar-refractivity contribution in [2.75, 3.05) is 7.11 Å². The van der Waals surface area contributed by atoms with Gasteiger partial charge in [-0.05, 0) is 24.3 Å². The third-order valence-corrected chi connectivity index (χ3v) is 6.75. The Morgan fingerprint density at radius 3 is 1.72 bits per heavy atom. The summed E-state index contributed by atoms with van der Waals surface area (Å²) in [5.41, 5.74) is 0. The smallest absolute Gasteiger partial charge is 0.270 e. The lowest BCUT2D eigenvalue weighted by molar-refractivity contribution is 0.398. The van der Waals surface area contributed by atoms with Gasteiger partial charge in [-0.3, -0.25) is 14.2 Å². The third-order valence-electron chi connectivity index (χ3n) is 4.03. The highest BCUT2D eigenvalue weighted by Gasteiger charge is 2.16. The van der Waals surface area contributed by atoms with Gasteiger partial charge in [-0.1, -0.05) is 24.3 Å². The Bertz CT molecular complexity index is 1380. The Labute approximate surface area is 172 Å². The van der Waals surface area contributed by atoms with E-state index in [1.807, 2.05) is 0 Å². The second-order valence-electron chi connectivity index (χ2n) is 5.76. The monoisotopic (exact) mass is 450 g/mol. The molecule has 2 heterocycles. The van der Waals surface area contributed by atoms with Gasteiger partial charge in [0.1, 0.15) is 4.90 Å². The average Bonchev–Trinajstić information content (AvgIpc) is 2.72. The van der Waals surface area contributed by atoms with Crippen molar-refractivity contribution in [2.24, 2.45) is 0 Å². The van der Waals surface area contributed by atoms with Gasteiger partial charge in [-0.25, -0.2) is 8.42 Å². The number of fused-ring (bicyclic) bond motifs is 2. The van der Waals surface area contributed by atoms with E-state index in [1.165, 1.54) is 18.3 Å². The van der Waals surface area contributed by atoms with Crippen molar-refractivity contribution in [1.82, 2.24) is 9.97 Å². The van der Waals surface area contributed by atoms with Crippen LogP contribution in [0.5, 0.6) is 0 Å². The van der Waals surface area contributed by atoms with E-state index in [9.17, 15) is 16.8 Å². The third kappa shape index (κ3) is 4.70. The number of hydrogen-bond donors (Lipinski definition) is 0. The molecule has 4 aromatic rings. The van der Waals surface area contributed by atoms with Crippen LogP contribution in [-0.2, 0) is 23.4 Å². The van der Waals surface area contributed by atoms with Gasteiger partial charge in [0.15, 0.2) is 0 Å². The topological polar surface area (TPSA) is 103 Å². The van der Waals surface area contributed by atoms with Crippen LogP contribution in [0.2, 0.25) is 0 Å². The number of rotatable bonds is 3. The number of nitrogens with zero attached hydrogens (tertiary/aromatic N) is 2. The molecule has 0 spiro atoms. The Kier molecular flexibility index (Phi) is 6.13. The van der Waals surface area contributed by atoms with Crippen LogP contribution in [-0.4, -0.2) is 33.9 Å². The molecular weight excluding hydrogens is 436 g/mol. The van der Waals surface area contributed by atoms with Gasteiger partial charge in [-0.2, -0.15) is 8.42 Å². The van der Waals surface area contributed by atoms with Gasteiger partial charge in [0, 0.05) is 57.0 Å². The molecule has 0 unspecified atom stereocenters. The SMILES string of the molecule is COS(=O)(=O)c1cccc2cnccc12.O=S(=O)(Cl)c1cccc2cnccc12. The van der Waals surface area contributed by atoms with Crippen LogP contribution in [0.25, 0.3) is 21.5 Å². The molecule has 10 heteroatoms. The van der Waals surface area contributed by atoms with Crippen LogP contribution in [0.3, 0.4) is 0 Å². The van der Waals surface area contributed by atoms with Gasteiger partial charge in [0.2, 0.25) is 0 Å². The molecule has 0 saturated carbocycles. The molecule has 0 radical (unpaired) electrons. The lowest BCUT2D eigenvalue weighted by Gasteiger charge is -2.04. The Balaban J connectivity index is 0.000000166. The number of pyridine rings is 2. The summed E-state index contributed by atoms with van der Waals surface area (Å²) in [5, 5.41) is 2.75. The minimum atomic E-state index is -3.68. The minimum absolute atomic E-state index is 0.124. The van der Waals surface area contributed by atoms with Gasteiger partial charge in [0.05, 0.1) is 12.0 Å². The second-order valence-corrected chi connectivity index (χ2v) is 9.98. The molecule has 0 aliphatic heterocycles. The van der Waals surface area contributed by atoms with Crippen LogP contribution in [0, 0.1) is 0 Å². The molecule has 0 saturated heterocycles. The fourth-order valence-corrected chi connectivity index (χ4v) is 4.68. The molecule has 0 bridgehead atoms. The van der Waals surface area contributed by atoms with Crippen LogP contribution in [0.1, 0.15) is 0 Å². The zero-order valence-electron chi connectivity index (χ0n) is 15.1. The number of benzene rings is 2. The lowest BCUT2D eigenvalue weighted by Crippen LogP contribution is -2.03. The zero-order valence-corrected chi connectivity index (χ0v) is 17.4. The van der Waals surface area contributed by atoms with Crippen molar-refractivity contribution in [3.8, 4) is 0 Å². The van der Waals surface area contributed by atoms with Crippen LogP contribution >= 0.6 is 10.7 Å². The van der Waals surface area contributed by atoms with Crippen molar-refractivity contribution in [3.05, 3.63) is 73.3 Å². The lowest BCUT2D eigenvalue weighted by atomic mass is 10.2. The second kappa shape index (κ2) is 8.42. The summed E-state index contributed by atoms with van der Waals surface area (Å²) in [5.74, 6) is 0. The highest BCUT2D eigenvalue weighted by Crippen LogP contribution is 2.25. The summed E-state index contributed by atoms with van der Waals surface area (Å²) >= 11 is 0. The Morgan fingerprint density at radius 2 is 1.24 bits per heavy atom. The molecule has 0 N–H and O–H groups in total. The number of halogens is 1. The zero-order chi connectivity index (χ0) is 21.1. The molecule has 0 aliphatic rings. The fraction of sp³-hybridized carbons (Fsp3) is 0.0526. The van der Waals surface area contributed by atoms with E-state index in [2.05, 4.69) is 14.2 Å². The molecule has 29 heavy (non-hydrogen) atoms. The summed E-state index contributed by atoms with van der Waals surface area (Å²) in [6.45, 7) is 0. The molecule has 2 aromatic carbocycles. The van der Waals surface area contributed by atoms with Crippen molar-refractivity contribution < 1.29 is 21.0 Å². The maximum atomic E-state index is 11.6. The Morgan fingerprint density at radius 1 is 0.759 bits per heavy atom. The fourth-order valence-electron chi connectivity index (χ4n) is 2.71. The van der Waals surface area contributed by atoms with E-state index >= 15 is 0 Å². The first kappa shape index (κ1) is 21.1. The van der Waals surface area contributed by atoms with E-state index in [-0.39, 0.29) is 9.79 Å². The van der Waals surface area contributed by atoms with Crippen molar-refractivity contribution >= 4 is 51.4 Å². The van der Waals surface area contributed by atoms with Gasteiger partial charge < -0.3 is 0 Å². The maximum absolute atomic E-state index is 11.6. The van der Waals surface area contributed by atoms with Gasteiger partial charge in [-0.15, -0.1) is 0 Å². The first-order chi connectivity index (χ1) is 13.7. The van der Waals surface area contributed by atoms with Crippen molar-refractivity contribution in [1.29, 1.82) is 0 Å². The van der Waals surface area contributed by atoms with E-state index in [0.29, 0.717) is 10.8 Å². The minimum Gasteiger partial charge on any atom is -0.270 e. The first-order valence-electron chi connectivity index (χ1n) is 8.15. The molecule has 2 aromatic heterocycles. The van der Waals surface area contributed by atoms with E-state index in [1.54, 1.807) is 55.0 Å². The highest BCUT2D eigenvalue weighted by molar-refractivity contribution is 8.14. The van der Waals surface area contributed by atoms with Crippen molar-refractivity contribution in [2.45, 2.75) is 9.79 Å².